The highest BCUT2D eigenvalue weighted by molar-refractivity contribution is 5.97. The highest BCUT2D eigenvalue weighted by atomic mass is 14.9. The summed E-state index contributed by atoms with van der Waals surface area (Å²) >= 11 is 0. The number of nitrogens with one attached hydrogen (secondary N) is 2. The molecule has 0 amide bonds. The molecule has 200 valence electrons. The number of hydrogen-bond acceptors (Lipinski definition) is 4. The Bertz CT molecular complexity index is 1390. The molecule has 0 bridgehead atoms. The SMILES string of the molecule is C1=Cc2c(nc3ccccc3c2NCCCCCCCCCNc2c3c(nc4ccccc24)CCC=C3)CC1. The molecule has 2 aliphatic rings. The number of hydrogen-bond donors (Lipinski definition) is 2. The predicted molar refractivity (Wildman–Crippen MR) is 167 cm³/mol. The van der Waals surface area contributed by atoms with Crippen LogP contribution in [0.3, 0.4) is 0 Å². The molecule has 6 rings (SSSR count). The van der Waals surface area contributed by atoms with E-state index in [-0.39, 0.29) is 0 Å². The lowest BCUT2D eigenvalue weighted by molar-refractivity contribution is 0.591. The van der Waals surface area contributed by atoms with Crippen molar-refractivity contribution >= 4 is 45.3 Å². The van der Waals surface area contributed by atoms with E-state index in [0.717, 1.165) is 49.8 Å². The third-order valence-electron chi connectivity index (χ3n) is 8.14. The Morgan fingerprint density at radius 1 is 0.538 bits per heavy atom. The number of rotatable bonds is 12. The lowest BCUT2D eigenvalue weighted by Crippen LogP contribution is -2.08. The zero-order chi connectivity index (χ0) is 26.3. The van der Waals surface area contributed by atoms with Crippen molar-refractivity contribution in [1.29, 1.82) is 0 Å². The van der Waals surface area contributed by atoms with Crippen LogP contribution in [-0.2, 0) is 12.8 Å². The number of pyridine rings is 2. The monoisotopic (exact) mass is 516 g/mol. The van der Waals surface area contributed by atoms with Gasteiger partial charge in [0.2, 0.25) is 0 Å². The zero-order valence-corrected chi connectivity index (χ0v) is 23.0. The number of anilines is 2. The Morgan fingerprint density at radius 2 is 0.974 bits per heavy atom. The van der Waals surface area contributed by atoms with Crippen molar-refractivity contribution in [2.75, 3.05) is 23.7 Å². The van der Waals surface area contributed by atoms with Gasteiger partial charge in [-0.25, -0.2) is 0 Å². The lowest BCUT2D eigenvalue weighted by Gasteiger charge is -2.18. The molecule has 2 N–H and O–H groups in total. The molecule has 0 aliphatic heterocycles. The number of para-hydroxylation sites is 2. The number of aromatic nitrogens is 2. The summed E-state index contributed by atoms with van der Waals surface area (Å²) in [5.74, 6) is 0. The van der Waals surface area contributed by atoms with Crippen molar-refractivity contribution in [2.24, 2.45) is 0 Å². The van der Waals surface area contributed by atoms with Crippen molar-refractivity contribution in [2.45, 2.75) is 70.6 Å². The smallest absolute Gasteiger partial charge is 0.0726 e. The minimum Gasteiger partial charge on any atom is -0.384 e. The van der Waals surface area contributed by atoms with Crippen LogP contribution < -0.4 is 10.6 Å². The Labute approximate surface area is 232 Å². The van der Waals surface area contributed by atoms with Gasteiger partial charge in [0.1, 0.15) is 0 Å². The molecular weight excluding hydrogens is 476 g/mol. The van der Waals surface area contributed by atoms with Gasteiger partial charge in [-0.2, -0.15) is 0 Å². The summed E-state index contributed by atoms with van der Waals surface area (Å²) in [5, 5.41) is 10.0. The van der Waals surface area contributed by atoms with E-state index >= 15 is 0 Å². The van der Waals surface area contributed by atoms with Crippen LogP contribution in [0.1, 0.15) is 80.3 Å². The van der Waals surface area contributed by atoms with Crippen molar-refractivity contribution < 1.29 is 0 Å². The standard InChI is InChI=1S/C35H40N4/c1(2-4-14-24-36-34-26-16-6-10-20-30(26)38-31-21-11-7-17-27(31)34)3-5-15-25-37-35-28-18-8-12-22-32(28)39-33-23-13-9-19-29(33)35/h6-10,12,16-20,22H,1-5,11,13-15,21,23-25H2,(H,36,38)(H,37,39). The molecule has 0 saturated heterocycles. The molecule has 4 heteroatoms. The maximum Gasteiger partial charge on any atom is 0.0726 e. The Kier molecular flexibility index (Phi) is 8.18. The molecule has 0 spiro atoms. The topological polar surface area (TPSA) is 49.8 Å². The predicted octanol–water partition coefficient (Wildman–Crippen LogP) is 8.96. The third kappa shape index (κ3) is 5.85. The molecule has 0 saturated carbocycles. The van der Waals surface area contributed by atoms with E-state index in [1.165, 1.54) is 89.6 Å². The fourth-order valence-corrected chi connectivity index (χ4v) is 6.08. The average Bonchev–Trinajstić information content (AvgIpc) is 2.98. The second kappa shape index (κ2) is 12.5. The zero-order valence-electron chi connectivity index (χ0n) is 23.0. The van der Waals surface area contributed by atoms with Crippen LogP contribution in [0, 0.1) is 0 Å². The highest BCUT2D eigenvalue weighted by Gasteiger charge is 2.16. The first-order valence-electron chi connectivity index (χ1n) is 15.0. The first kappa shape index (κ1) is 25.6. The molecule has 0 radical (unpaired) electrons. The summed E-state index contributed by atoms with van der Waals surface area (Å²) in [6.07, 6.45) is 22.3. The Morgan fingerprint density at radius 3 is 1.46 bits per heavy atom. The number of nitrogens with zero attached hydrogens (tertiary/aromatic N) is 2. The van der Waals surface area contributed by atoms with Gasteiger partial charge < -0.3 is 10.6 Å². The van der Waals surface area contributed by atoms with Crippen LogP contribution in [0.25, 0.3) is 34.0 Å². The maximum absolute atomic E-state index is 4.92. The minimum atomic E-state index is 1.02. The average molecular weight is 517 g/mol. The van der Waals surface area contributed by atoms with Crippen molar-refractivity contribution in [3.63, 3.8) is 0 Å². The minimum absolute atomic E-state index is 1.02. The van der Waals surface area contributed by atoms with E-state index in [9.17, 15) is 0 Å². The van der Waals surface area contributed by atoms with Gasteiger partial charge in [-0.1, -0.05) is 92.8 Å². The molecule has 2 aromatic heterocycles. The number of allylic oxidation sites excluding steroid dienone is 2. The Hall–Kier alpha value is -3.66. The van der Waals surface area contributed by atoms with Crippen molar-refractivity contribution in [3.8, 4) is 0 Å². The number of aryl methyl sites for hydroxylation is 2. The van der Waals surface area contributed by atoms with Gasteiger partial charge in [-0.3, -0.25) is 9.97 Å². The fourth-order valence-electron chi connectivity index (χ4n) is 6.08. The van der Waals surface area contributed by atoms with Gasteiger partial charge in [0.25, 0.3) is 0 Å². The maximum atomic E-state index is 4.92. The van der Waals surface area contributed by atoms with Gasteiger partial charge in [0.15, 0.2) is 0 Å². The van der Waals surface area contributed by atoms with Gasteiger partial charge in [0, 0.05) is 35.0 Å². The first-order chi connectivity index (χ1) is 19.4. The Balaban J connectivity index is 0.916. The van der Waals surface area contributed by atoms with E-state index in [1.54, 1.807) is 0 Å². The normalized spacial score (nSPS) is 13.9. The van der Waals surface area contributed by atoms with Gasteiger partial charge in [-0.15, -0.1) is 0 Å². The first-order valence-corrected chi connectivity index (χ1v) is 15.0. The lowest BCUT2D eigenvalue weighted by atomic mass is 9.98. The molecule has 0 atom stereocenters. The van der Waals surface area contributed by atoms with E-state index in [4.69, 9.17) is 9.97 Å². The van der Waals surface area contributed by atoms with E-state index in [0.29, 0.717) is 0 Å². The van der Waals surface area contributed by atoms with Crippen LogP contribution in [0.4, 0.5) is 11.4 Å². The summed E-state index contributed by atoms with van der Waals surface area (Å²) in [6, 6.07) is 17.1. The van der Waals surface area contributed by atoms with Crippen molar-refractivity contribution in [1.82, 2.24) is 9.97 Å². The molecule has 4 aromatic rings. The molecule has 2 heterocycles. The van der Waals surface area contributed by atoms with Crippen LogP contribution in [0.5, 0.6) is 0 Å². The summed E-state index contributed by atoms with van der Waals surface area (Å²) in [5.41, 5.74) is 9.84. The second-order valence-electron chi connectivity index (χ2n) is 10.9. The molecule has 2 aromatic carbocycles. The summed E-state index contributed by atoms with van der Waals surface area (Å²) in [6.45, 7) is 2.05. The highest BCUT2D eigenvalue weighted by Crippen LogP contribution is 2.34. The van der Waals surface area contributed by atoms with Gasteiger partial charge in [0.05, 0.1) is 33.8 Å². The number of benzene rings is 2. The second-order valence-corrected chi connectivity index (χ2v) is 10.9. The van der Waals surface area contributed by atoms with Crippen LogP contribution in [0.15, 0.2) is 60.7 Å². The fraction of sp³-hybridized carbons (Fsp3) is 0.371. The van der Waals surface area contributed by atoms with Crippen LogP contribution in [-0.4, -0.2) is 23.1 Å². The van der Waals surface area contributed by atoms with Crippen molar-refractivity contribution in [3.05, 3.63) is 83.2 Å². The molecule has 39 heavy (non-hydrogen) atoms. The van der Waals surface area contributed by atoms with Gasteiger partial charge in [-0.05, 0) is 50.7 Å². The van der Waals surface area contributed by atoms with E-state index < -0.39 is 0 Å². The number of fused-ring (bicyclic) bond motifs is 4. The molecular formula is C35H40N4. The molecule has 2 aliphatic carbocycles. The number of unbranched alkanes of at least 4 members (excludes halogenated alkanes) is 6. The molecule has 0 fully saturated rings. The quantitative estimate of drug-likeness (QED) is 0.185. The summed E-state index contributed by atoms with van der Waals surface area (Å²) in [7, 11) is 0. The molecule has 4 nitrogen and oxygen atoms in total. The van der Waals surface area contributed by atoms with Crippen LogP contribution >= 0.6 is 0 Å². The van der Waals surface area contributed by atoms with E-state index in [1.807, 2.05) is 0 Å². The molecule has 0 unspecified atom stereocenters. The third-order valence-corrected chi connectivity index (χ3v) is 8.14. The van der Waals surface area contributed by atoms with E-state index in [2.05, 4.69) is 83.5 Å². The van der Waals surface area contributed by atoms with Gasteiger partial charge >= 0.3 is 0 Å². The summed E-state index contributed by atoms with van der Waals surface area (Å²) < 4.78 is 0. The largest absolute Gasteiger partial charge is 0.384 e. The van der Waals surface area contributed by atoms with Crippen LogP contribution in [0.2, 0.25) is 0 Å². The summed E-state index contributed by atoms with van der Waals surface area (Å²) in [4.78, 5) is 9.85.